The summed E-state index contributed by atoms with van der Waals surface area (Å²) in [7, 11) is 0. The average Bonchev–Trinajstić information content (AvgIpc) is 2.68. The van der Waals surface area contributed by atoms with E-state index < -0.39 is 11.8 Å². The number of carbonyl (C=O) groups excluding carboxylic acids is 2. The summed E-state index contributed by atoms with van der Waals surface area (Å²) in [4.78, 5) is 30.6. The number of nitrogens with one attached hydrogen (secondary N) is 2. The Morgan fingerprint density at radius 3 is 2.59 bits per heavy atom. The van der Waals surface area contributed by atoms with E-state index in [1.807, 2.05) is 32.2 Å². The van der Waals surface area contributed by atoms with Crippen molar-refractivity contribution in [2.24, 2.45) is 0 Å². The minimum atomic E-state index is -0.602. The molecular formula is C21H26N4O2. The van der Waals surface area contributed by atoms with Crippen LogP contribution in [-0.2, 0) is 22.6 Å². The summed E-state index contributed by atoms with van der Waals surface area (Å²) in [6.45, 7) is 5.72. The Hall–Kier alpha value is -2.73. The van der Waals surface area contributed by atoms with Crippen LogP contribution in [0.25, 0.3) is 0 Å². The minimum absolute atomic E-state index is 0.0390. The van der Waals surface area contributed by atoms with Gasteiger partial charge in [0.15, 0.2) is 0 Å². The Morgan fingerprint density at radius 2 is 1.89 bits per heavy atom. The van der Waals surface area contributed by atoms with E-state index in [2.05, 4.69) is 44.8 Å². The van der Waals surface area contributed by atoms with Gasteiger partial charge in [0.05, 0.1) is 6.04 Å². The molecule has 0 bridgehead atoms. The highest BCUT2D eigenvalue weighted by atomic mass is 16.2. The van der Waals surface area contributed by atoms with Crippen molar-refractivity contribution in [3.8, 4) is 0 Å². The number of amides is 2. The van der Waals surface area contributed by atoms with Crippen LogP contribution in [0.5, 0.6) is 0 Å². The van der Waals surface area contributed by atoms with E-state index in [-0.39, 0.29) is 12.1 Å². The van der Waals surface area contributed by atoms with Crippen LogP contribution < -0.4 is 10.6 Å². The molecule has 0 saturated carbocycles. The molecule has 2 heterocycles. The van der Waals surface area contributed by atoms with Crippen LogP contribution in [0.1, 0.15) is 36.6 Å². The lowest BCUT2D eigenvalue weighted by atomic mass is 9.97. The van der Waals surface area contributed by atoms with Gasteiger partial charge in [-0.25, -0.2) is 0 Å². The third kappa shape index (κ3) is 4.92. The zero-order valence-electron chi connectivity index (χ0n) is 15.8. The predicted molar refractivity (Wildman–Crippen MR) is 104 cm³/mol. The van der Waals surface area contributed by atoms with E-state index in [4.69, 9.17) is 0 Å². The lowest BCUT2D eigenvalue weighted by Crippen LogP contribution is -2.46. The third-order valence-corrected chi connectivity index (χ3v) is 4.75. The van der Waals surface area contributed by atoms with Crippen LogP contribution in [-0.4, -0.2) is 40.8 Å². The fourth-order valence-electron chi connectivity index (χ4n) is 3.41. The first kappa shape index (κ1) is 19.0. The number of fused-ring (bicyclic) bond motifs is 1. The van der Waals surface area contributed by atoms with Gasteiger partial charge in [0.2, 0.25) is 0 Å². The highest BCUT2D eigenvalue weighted by Gasteiger charge is 2.26. The first-order valence-electron chi connectivity index (χ1n) is 9.34. The molecule has 2 aromatic rings. The number of carbonyl (C=O) groups is 2. The second-order valence-electron chi connectivity index (χ2n) is 7.13. The first-order chi connectivity index (χ1) is 13.0. The molecule has 0 aliphatic carbocycles. The lowest BCUT2D eigenvalue weighted by molar-refractivity contribution is -0.139. The molecule has 3 rings (SSSR count). The van der Waals surface area contributed by atoms with Gasteiger partial charge in [0, 0.05) is 38.1 Å². The molecule has 0 radical (unpaired) electrons. The van der Waals surface area contributed by atoms with Crippen molar-refractivity contribution >= 4 is 11.8 Å². The highest BCUT2D eigenvalue weighted by Crippen LogP contribution is 2.27. The van der Waals surface area contributed by atoms with Gasteiger partial charge in [0.1, 0.15) is 0 Å². The molecule has 142 valence electrons. The van der Waals surface area contributed by atoms with Gasteiger partial charge >= 0.3 is 11.8 Å². The zero-order chi connectivity index (χ0) is 19.2. The molecule has 0 unspecified atom stereocenters. The molecule has 6 heteroatoms. The van der Waals surface area contributed by atoms with Gasteiger partial charge in [-0.1, -0.05) is 30.3 Å². The average molecular weight is 366 g/mol. The molecule has 2 N–H and O–H groups in total. The van der Waals surface area contributed by atoms with E-state index in [1.165, 1.54) is 11.1 Å². The number of benzene rings is 1. The van der Waals surface area contributed by atoms with E-state index in [1.54, 1.807) is 6.20 Å². The Morgan fingerprint density at radius 1 is 1.11 bits per heavy atom. The van der Waals surface area contributed by atoms with Crippen molar-refractivity contribution in [2.45, 2.75) is 38.9 Å². The first-order valence-corrected chi connectivity index (χ1v) is 9.34. The number of nitrogens with zero attached hydrogens (tertiary/aromatic N) is 2. The van der Waals surface area contributed by atoms with Gasteiger partial charge in [-0.2, -0.15) is 0 Å². The molecule has 1 atom stereocenters. The lowest BCUT2D eigenvalue weighted by Gasteiger charge is -2.35. The maximum absolute atomic E-state index is 12.1. The number of aromatic nitrogens is 1. The van der Waals surface area contributed by atoms with Crippen LogP contribution in [0.4, 0.5) is 0 Å². The second kappa shape index (κ2) is 8.77. The molecule has 1 aliphatic heterocycles. The van der Waals surface area contributed by atoms with Gasteiger partial charge in [-0.15, -0.1) is 0 Å². The number of pyridine rings is 1. The summed E-state index contributed by atoms with van der Waals surface area (Å²) >= 11 is 0. The monoisotopic (exact) mass is 366 g/mol. The van der Waals surface area contributed by atoms with Gasteiger partial charge in [-0.3, -0.25) is 19.5 Å². The van der Waals surface area contributed by atoms with Crippen molar-refractivity contribution in [3.05, 3.63) is 65.5 Å². The largest absolute Gasteiger partial charge is 0.346 e. The Labute approximate surface area is 160 Å². The number of hydrogen-bond donors (Lipinski definition) is 2. The quantitative estimate of drug-likeness (QED) is 0.792. The summed E-state index contributed by atoms with van der Waals surface area (Å²) in [6, 6.07) is 12.2. The van der Waals surface area contributed by atoms with E-state index in [9.17, 15) is 9.59 Å². The summed E-state index contributed by atoms with van der Waals surface area (Å²) in [5.41, 5.74) is 3.71. The molecule has 27 heavy (non-hydrogen) atoms. The SMILES string of the molecule is CC(C)NC(=O)C(=O)NC[C@H](c1cccnc1)N1CCc2ccccc2C1. The van der Waals surface area contributed by atoms with Crippen molar-refractivity contribution in [1.29, 1.82) is 0 Å². The standard InChI is InChI=1S/C21H26N4O2/c1-15(2)24-21(27)20(26)23-13-19(17-8-5-10-22-12-17)25-11-9-16-6-3-4-7-18(16)14-25/h3-8,10,12,15,19H,9,11,13-14H2,1-2H3,(H,23,26)(H,24,27)/t19-/m1/s1. The normalized spacial score (nSPS) is 15.1. The van der Waals surface area contributed by atoms with Crippen molar-refractivity contribution in [3.63, 3.8) is 0 Å². The van der Waals surface area contributed by atoms with Crippen molar-refractivity contribution < 1.29 is 9.59 Å². The van der Waals surface area contributed by atoms with E-state index >= 15 is 0 Å². The maximum atomic E-state index is 12.1. The van der Waals surface area contributed by atoms with Gasteiger partial charge in [-0.05, 0) is 43.0 Å². The molecule has 0 spiro atoms. The molecule has 2 amide bonds. The summed E-state index contributed by atoms with van der Waals surface area (Å²) in [5, 5.41) is 5.41. The molecule has 1 aromatic heterocycles. The predicted octanol–water partition coefficient (Wildman–Crippen LogP) is 1.82. The fourth-order valence-corrected chi connectivity index (χ4v) is 3.41. The summed E-state index contributed by atoms with van der Waals surface area (Å²) < 4.78 is 0. The second-order valence-corrected chi connectivity index (χ2v) is 7.13. The zero-order valence-corrected chi connectivity index (χ0v) is 15.8. The molecular weight excluding hydrogens is 340 g/mol. The Kier molecular flexibility index (Phi) is 6.19. The fraction of sp³-hybridized carbons (Fsp3) is 0.381. The van der Waals surface area contributed by atoms with Crippen LogP contribution >= 0.6 is 0 Å². The number of hydrogen-bond acceptors (Lipinski definition) is 4. The van der Waals surface area contributed by atoms with Crippen LogP contribution in [0.2, 0.25) is 0 Å². The van der Waals surface area contributed by atoms with Crippen LogP contribution in [0.15, 0.2) is 48.8 Å². The molecule has 6 nitrogen and oxygen atoms in total. The van der Waals surface area contributed by atoms with E-state index in [0.29, 0.717) is 6.54 Å². The number of rotatable bonds is 5. The smallest absolute Gasteiger partial charge is 0.309 e. The maximum Gasteiger partial charge on any atom is 0.309 e. The van der Waals surface area contributed by atoms with Crippen LogP contribution in [0.3, 0.4) is 0 Å². The van der Waals surface area contributed by atoms with E-state index in [0.717, 1.165) is 25.1 Å². The molecule has 1 aromatic carbocycles. The van der Waals surface area contributed by atoms with Crippen molar-refractivity contribution in [2.75, 3.05) is 13.1 Å². The Bertz CT molecular complexity index is 792. The summed E-state index contributed by atoms with van der Waals surface area (Å²) in [5.74, 6) is -1.20. The van der Waals surface area contributed by atoms with Crippen LogP contribution in [0, 0.1) is 0 Å². The molecule has 1 aliphatic rings. The highest BCUT2D eigenvalue weighted by molar-refractivity contribution is 6.35. The minimum Gasteiger partial charge on any atom is -0.346 e. The topological polar surface area (TPSA) is 74.3 Å². The summed E-state index contributed by atoms with van der Waals surface area (Å²) in [6.07, 6.45) is 4.53. The van der Waals surface area contributed by atoms with Gasteiger partial charge < -0.3 is 10.6 Å². The molecule has 0 fully saturated rings. The third-order valence-electron chi connectivity index (χ3n) is 4.75. The molecule has 0 saturated heterocycles. The van der Waals surface area contributed by atoms with Crippen molar-refractivity contribution in [1.82, 2.24) is 20.5 Å². The van der Waals surface area contributed by atoms with Gasteiger partial charge in [0.25, 0.3) is 0 Å². The Balaban J connectivity index is 1.73.